The van der Waals surface area contributed by atoms with Crippen LogP contribution in [-0.2, 0) is 6.42 Å². The number of pyridine rings is 1. The van der Waals surface area contributed by atoms with Gasteiger partial charge in [0.05, 0.1) is 12.4 Å². The molecule has 2 atom stereocenters. The summed E-state index contributed by atoms with van der Waals surface area (Å²) in [4.78, 5) is 13.3. The maximum atomic E-state index is 13.9. The maximum Gasteiger partial charge on any atom is 0.228 e. The first kappa shape index (κ1) is 20.0. The van der Waals surface area contributed by atoms with Crippen LogP contribution in [-0.4, -0.2) is 30.6 Å². The minimum Gasteiger partial charge on any atom is -0.351 e. The zero-order valence-electron chi connectivity index (χ0n) is 18.3. The molecule has 0 bridgehead atoms. The van der Waals surface area contributed by atoms with Crippen LogP contribution in [0, 0.1) is 5.82 Å². The SMILES string of the molecule is CC(N)c1cnn2c(N[C@@H]3CCC4=C(C3)c3ccccc3C4)nc(-c3cncc(F)c3)nc12. The van der Waals surface area contributed by atoms with Gasteiger partial charge in [-0.1, -0.05) is 29.8 Å². The largest absolute Gasteiger partial charge is 0.351 e. The van der Waals surface area contributed by atoms with Crippen LogP contribution in [0.15, 0.2) is 54.5 Å². The number of fused-ring (bicyclic) bond motifs is 3. The van der Waals surface area contributed by atoms with Crippen molar-refractivity contribution in [1.82, 2.24) is 24.6 Å². The van der Waals surface area contributed by atoms with Gasteiger partial charge < -0.3 is 11.1 Å². The fraction of sp³-hybridized carbons (Fsp3) is 0.280. The maximum absolute atomic E-state index is 13.9. The summed E-state index contributed by atoms with van der Waals surface area (Å²) in [6.45, 7) is 1.89. The molecule has 1 unspecified atom stereocenters. The van der Waals surface area contributed by atoms with Gasteiger partial charge in [0.25, 0.3) is 0 Å². The highest BCUT2D eigenvalue weighted by Gasteiger charge is 2.29. The standard InChI is InChI=1S/C25H24FN7/c1-14(27)22-13-29-33-24(22)31-23(17-9-18(26)12-28-11-17)32-25(33)30-19-7-6-16-8-15-4-2-3-5-20(15)21(16)10-19/h2-5,9,11-14,19H,6-8,10,27H2,1H3,(H,30,31,32)/t14?,19-/m1/s1. The Hall–Kier alpha value is -3.65. The molecule has 0 radical (unpaired) electrons. The Kier molecular flexibility index (Phi) is 4.69. The van der Waals surface area contributed by atoms with E-state index in [1.807, 2.05) is 6.92 Å². The summed E-state index contributed by atoms with van der Waals surface area (Å²) >= 11 is 0. The van der Waals surface area contributed by atoms with E-state index in [-0.39, 0.29) is 12.1 Å². The van der Waals surface area contributed by atoms with Crippen molar-refractivity contribution in [3.05, 3.63) is 77.0 Å². The third-order valence-corrected chi connectivity index (χ3v) is 6.60. The molecule has 7 nitrogen and oxygen atoms in total. The number of allylic oxidation sites excluding steroid dienone is 1. The number of hydrogen-bond donors (Lipinski definition) is 2. The van der Waals surface area contributed by atoms with Crippen LogP contribution in [0.1, 0.15) is 48.9 Å². The lowest BCUT2D eigenvalue weighted by atomic mass is 9.88. The third-order valence-electron chi connectivity index (χ3n) is 6.60. The molecule has 2 aliphatic rings. The molecule has 0 fully saturated rings. The molecule has 0 aliphatic heterocycles. The quantitative estimate of drug-likeness (QED) is 0.490. The predicted molar refractivity (Wildman–Crippen MR) is 125 cm³/mol. The molecule has 0 spiro atoms. The average Bonchev–Trinajstić information content (AvgIpc) is 3.41. The van der Waals surface area contributed by atoms with Crippen LogP contribution in [0.4, 0.5) is 10.3 Å². The molecule has 33 heavy (non-hydrogen) atoms. The summed E-state index contributed by atoms with van der Waals surface area (Å²) < 4.78 is 15.6. The molecule has 0 saturated carbocycles. The summed E-state index contributed by atoms with van der Waals surface area (Å²) in [6, 6.07) is 10.0. The van der Waals surface area contributed by atoms with Gasteiger partial charge in [-0.15, -0.1) is 0 Å². The lowest BCUT2D eigenvalue weighted by molar-refractivity contribution is 0.621. The first-order valence-electron chi connectivity index (χ1n) is 11.2. The second-order valence-electron chi connectivity index (χ2n) is 8.89. The Morgan fingerprint density at radius 2 is 2.06 bits per heavy atom. The molecule has 0 saturated heterocycles. The normalized spacial score (nSPS) is 18.3. The molecule has 4 aromatic rings. The minimum atomic E-state index is -0.432. The number of nitrogens with zero attached hydrogens (tertiary/aromatic N) is 5. The van der Waals surface area contributed by atoms with Gasteiger partial charge >= 0.3 is 0 Å². The van der Waals surface area contributed by atoms with Crippen LogP contribution in [0.5, 0.6) is 0 Å². The zero-order chi connectivity index (χ0) is 22.5. The smallest absolute Gasteiger partial charge is 0.228 e. The molecule has 1 aromatic carbocycles. The van der Waals surface area contributed by atoms with Crippen molar-refractivity contribution in [2.45, 2.75) is 44.7 Å². The van der Waals surface area contributed by atoms with E-state index in [9.17, 15) is 4.39 Å². The molecule has 3 aromatic heterocycles. The Morgan fingerprint density at radius 3 is 2.91 bits per heavy atom. The van der Waals surface area contributed by atoms with Crippen LogP contribution >= 0.6 is 0 Å². The van der Waals surface area contributed by atoms with Crippen molar-refractivity contribution in [2.24, 2.45) is 5.73 Å². The number of nitrogens with one attached hydrogen (secondary N) is 1. The Morgan fingerprint density at radius 1 is 1.18 bits per heavy atom. The number of hydrogen-bond acceptors (Lipinski definition) is 6. The van der Waals surface area contributed by atoms with E-state index in [2.05, 4.69) is 44.6 Å². The second-order valence-corrected chi connectivity index (χ2v) is 8.89. The highest BCUT2D eigenvalue weighted by Crippen LogP contribution is 2.42. The fourth-order valence-electron chi connectivity index (χ4n) is 4.96. The highest BCUT2D eigenvalue weighted by atomic mass is 19.1. The number of rotatable bonds is 4. The van der Waals surface area contributed by atoms with Gasteiger partial charge in [0, 0.05) is 29.4 Å². The summed E-state index contributed by atoms with van der Waals surface area (Å²) in [7, 11) is 0. The lowest BCUT2D eigenvalue weighted by Gasteiger charge is -2.26. The first-order chi connectivity index (χ1) is 16.1. The predicted octanol–water partition coefficient (Wildman–Crippen LogP) is 4.32. The van der Waals surface area contributed by atoms with Gasteiger partial charge in [-0.05, 0) is 55.4 Å². The molecular weight excluding hydrogens is 417 g/mol. The van der Waals surface area contributed by atoms with Crippen molar-refractivity contribution in [1.29, 1.82) is 0 Å². The Balaban J connectivity index is 1.38. The summed E-state index contributed by atoms with van der Waals surface area (Å²) in [5.41, 5.74) is 13.9. The lowest BCUT2D eigenvalue weighted by Crippen LogP contribution is -2.25. The molecule has 166 valence electrons. The van der Waals surface area contributed by atoms with E-state index in [0.29, 0.717) is 23.0 Å². The van der Waals surface area contributed by atoms with Crippen LogP contribution in [0.3, 0.4) is 0 Å². The van der Waals surface area contributed by atoms with Crippen LogP contribution in [0.2, 0.25) is 0 Å². The molecule has 8 heteroatoms. The summed E-state index contributed by atoms with van der Waals surface area (Å²) in [5.74, 6) is 0.533. The van der Waals surface area contributed by atoms with E-state index in [4.69, 9.17) is 10.7 Å². The van der Waals surface area contributed by atoms with Crippen molar-refractivity contribution in [3.8, 4) is 11.4 Å². The first-order valence-corrected chi connectivity index (χ1v) is 11.2. The van der Waals surface area contributed by atoms with Gasteiger partial charge in [0.1, 0.15) is 5.82 Å². The van der Waals surface area contributed by atoms with Crippen molar-refractivity contribution in [2.75, 3.05) is 5.32 Å². The molecular formula is C25H24FN7. The topological polar surface area (TPSA) is 94.0 Å². The van der Waals surface area contributed by atoms with Crippen molar-refractivity contribution in [3.63, 3.8) is 0 Å². The fourth-order valence-corrected chi connectivity index (χ4v) is 4.96. The average molecular weight is 442 g/mol. The third kappa shape index (κ3) is 3.47. The van der Waals surface area contributed by atoms with E-state index >= 15 is 0 Å². The van der Waals surface area contributed by atoms with E-state index in [1.165, 1.54) is 29.0 Å². The van der Waals surface area contributed by atoms with E-state index in [0.717, 1.165) is 31.2 Å². The van der Waals surface area contributed by atoms with Gasteiger partial charge in [0.2, 0.25) is 5.95 Å². The molecule has 3 heterocycles. The van der Waals surface area contributed by atoms with Gasteiger partial charge in [-0.25, -0.2) is 9.37 Å². The van der Waals surface area contributed by atoms with Crippen molar-refractivity contribution >= 4 is 17.2 Å². The number of nitrogens with two attached hydrogens (primary N) is 1. The Bertz CT molecular complexity index is 1410. The second kappa shape index (κ2) is 7.74. The number of anilines is 1. The molecule has 3 N–H and O–H groups in total. The number of benzene rings is 1. The van der Waals surface area contributed by atoms with Gasteiger partial charge in [-0.2, -0.15) is 14.6 Å². The van der Waals surface area contributed by atoms with Gasteiger partial charge in [-0.3, -0.25) is 4.98 Å². The van der Waals surface area contributed by atoms with E-state index in [1.54, 1.807) is 22.5 Å². The van der Waals surface area contributed by atoms with E-state index < -0.39 is 5.82 Å². The number of aromatic nitrogens is 5. The minimum absolute atomic E-state index is 0.203. The summed E-state index contributed by atoms with van der Waals surface area (Å²) in [5, 5.41) is 8.11. The number of halogens is 1. The van der Waals surface area contributed by atoms with Crippen LogP contribution in [0.25, 0.3) is 22.6 Å². The van der Waals surface area contributed by atoms with Crippen LogP contribution < -0.4 is 11.1 Å². The van der Waals surface area contributed by atoms with Crippen molar-refractivity contribution < 1.29 is 4.39 Å². The summed E-state index contributed by atoms with van der Waals surface area (Å²) in [6.07, 6.45) is 8.51. The van der Waals surface area contributed by atoms with Gasteiger partial charge in [0.15, 0.2) is 11.5 Å². The monoisotopic (exact) mass is 441 g/mol. The Labute approximate surface area is 190 Å². The zero-order valence-corrected chi connectivity index (χ0v) is 18.3. The molecule has 2 aliphatic carbocycles. The molecule has 0 amide bonds. The highest BCUT2D eigenvalue weighted by molar-refractivity contribution is 5.77. The molecule has 6 rings (SSSR count).